The smallest absolute Gasteiger partial charge is 0.270 e. The molecule has 9 heteroatoms. The lowest BCUT2D eigenvalue weighted by molar-refractivity contribution is -0.384. The number of thiazole rings is 1. The van der Waals surface area contributed by atoms with Crippen LogP contribution in [0.2, 0.25) is 0 Å². The van der Waals surface area contributed by atoms with Gasteiger partial charge in [0.15, 0.2) is 11.2 Å². The number of non-ortho nitro benzene ring substituents is 1. The van der Waals surface area contributed by atoms with Crippen LogP contribution in [0.3, 0.4) is 0 Å². The molecule has 3 aromatic rings. The second kappa shape index (κ2) is 6.20. The van der Waals surface area contributed by atoms with Crippen LogP contribution in [0.1, 0.15) is 21.7 Å². The number of rotatable bonds is 5. The average Bonchev–Trinajstić information content (AvgIpc) is 2.94. The number of aldehydes is 1. The zero-order valence-corrected chi connectivity index (χ0v) is 13.3. The van der Waals surface area contributed by atoms with Crippen molar-refractivity contribution in [2.75, 3.05) is 0 Å². The van der Waals surface area contributed by atoms with Crippen molar-refractivity contribution in [2.24, 2.45) is 0 Å². The first-order valence-corrected chi connectivity index (χ1v) is 7.71. The van der Waals surface area contributed by atoms with Gasteiger partial charge >= 0.3 is 0 Å². The van der Waals surface area contributed by atoms with E-state index in [1.807, 2.05) is 12.3 Å². The minimum Gasteiger partial charge on any atom is -0.487 e. The molecule has 0 amide bonds. The Kier molecular flexibility index (Phi) is 4.09. The molecule has 0 aliphatic heterocycles. The van der Waals surface area contributed by atoms with E-state index in [1.165, 1.54) is 33.9 Å². The highest BCUT2D eigenvalue weighted by atomic mass is 32.1. The van der Waals surface area contributed by atoms with E-state index >= 15 is 0 Å². The van der Waals surface area contributed by atoms with Crippen molar-refractivity contribution in [3.05, 3.63) is 67.1 Å². The Labute approximate surface area is 139 Å². The molecule has 0 fully saturated rings. The van der Waals surface area contributed by atoms with E-state index in [1.54, 1.807) is 0 Å². The number of hydrogen-bond acceptors (Lipinski definition) is 7. The largest absolute Gasteiger partial charge is 0.487 e. The van der Waals surface area contributed by atoms with Crippen LogP contribution < -0.4 is 10.3 Å². The van der Waals surface area contributed by atoms with Crippen LogP contribution in [0, 0.1) is 17.0 Å². The van der Waals surface area contributed by atoms with Gasteiger partial charge < -0.3 is 4.74 Å². The number of fused-ring (bicyclic) bond motifs is 1. The highest BCUT2D eigenvalue weighted by Crippen LogP contribution is 2.23. The molecular weight excluding hydrogens is 334 g/mol. The summed E-state index contributed by atoms with van der Waals surface area (Å²) < 4.78 is 7.00. The summed E-state index contributed by atoms with van der Waals surface area (Å²) in [6.07, 6.45) is 0.483. The molecule has 0 atom stereocenters. The van der Waals surface area contributed by atoms with Crippen molar-refractivity contribution < 1.29 is 14.5 Å². The van der Waals surface area contributed by atoms with E-state index in [2.05, 4.69) is 4.98 Å². The summed E-state index contributed by atoms with van der Waals surface area (Å²) in [7, 11) is 0. The number of hydrogen-bond donors (Lipinski definition) is 0. The molecule has 3 rings (SSSR count). The van der Waals surface area contributed by atoms with Gasteiger partial charge in [-0.1, -0.05) is 0 Å². The number of ether oxygens (including phenoxy) is 1. The molecule has 122 valence electrons. The van der Waals surface area contributed by atoms with Gasteiger partial charge in [-0.15, -0.1) is 11.3 Å². The molecule has 0 spiro atoms. The Bertz CT molecular complexity index is 1010. The van der Waals surface area contributed by atoms with Gasteiger partial charge in [0, 0.05) is 29.3 Å². The van der Waals surface area contributed by atoms with Crippen molar-refractivity contribution >= 4 is 28.3 Å². The summed E-state index contributed by atoms with van der Waals surface area (Å²) in [5, 5.41) is 12.6. The molecular formula is C15H11N3O5S. The first kappa shape index (κ1) is 15.8. The Morgan fingerprint density at radius 3 is 2.92 bits per heavy atom. The van der Waals surface area contributed by atoms with Gasteiger partial charge in [-0.3, -0.25) is 24.1 Å². The summed E-state index contributed by atoms with van der Waals surface area (Å²) in [5.41, 5.74) is 0.873. The van der Waals surface area contributed by atoms with Gasteiger partial charge in [-0.05, 0) is 13.0 Å². The summed E-state index contributed by atoms with van der Waals surface area (Å²) in [5.74, 6) is 0.194. The van der Waals surface area contributed by atoms with Crippen molar-refractivity contribution in [2.45, 2.75) is 13.5 Å². The van der Waals surface area contributed by atoms with Crippen LogP contribution in [-0.4, -0.2) is 20.6 Å². The van der Waals surface area contributed by atoms with E-state index in [-0.39, 0.29) is 29.2 Å². The highest BCUT2D eigenvalue weighted by molar-refractivity contribution is 7.15. The van der Waals surface area contributed by atoms with Crippen molar-refractivity contribution in [1.82, 2.24) is 9.38 Å². The summed E-state index contributed by atoms with van der Waals surface area (Å²) in [6.45, 7) is 1.79. The molecule has 0 radical (unpaired) electrons. The molecule has 0 aliphatic carbocycles. The lowest BCUT2D eigenvalue weighted by Gasteiger charge is -2.08. The number of benzene rings is 1. The monoisotopic (exact) mass is 345 g/mol. The lowest BCUT2D eigenvalue weighted by atomic mass is 10.2. The standard InChI is InChI=1S/C15H11N3O5S/c1-9-8-24-15-16-11(5-14(20)17(9)15)7-23-13-3-2-12(18(21)22)4-10(13)6-19/h2-6,8H,7H2,1H3. The summed E-state index contributed by atoms with van der Waals surface area (Å²) in [4.78, 5) is 38.2. The molecule has 2 heterocycles. The van der Waals surface area contributed by atoms with Crippen LogP contribution in [0.4, 0.5) is 5.69 Å². The third-order valence-electron chi connectivity index (χ3n) is 3.34. The first-order valence-electron chi connectivity index (χ1n) is 6.83. The molecule has 24 heavy (non-hydrogen) atoms. The van der Waals surface area contributed by atoms with Crippen LogP contribution in [0.5, 0.6) is 5.75 Å². The van der Waals surface area contributed by atoms with Crippen molar-refractivity contribution in [1.29, 1.82) is 0 Å². The predicted octanol–water partition coefficient (Wildman–Crippen LogP) is 2.36. The zero-order valence-electron chi connectivity index (χ0n) is 12.5. The maximum atomic E-state index is 12.1. The molecule has 8 nitrogen and oxygen atoms in total. The van der Waals surface area contributed by atoms with Crippen molar-refractivity contribution in [3.63, 3.8) is 0 Å². The second-order valence-electron chi connectivity index (χ2n) is 4.97. The number of nitro groups is 1. The first-order chi connectivity index (χ1) is 11.5. The molecule has 1 aromatic carbocycles. The van der Waals surface area contributed by atoms with Gasteiger partial charge in [0.05, 0.1) is 16.2 Å². The quantitative estimate of drug-likeness (QED) is 0.399. The fraction of sp³-hybridized carbons (Fsp3) is 0.133. The Balaban J connectivity index is 1.87. The van der Waals surface area contributed by atoms with E-state index in [0.717, 1.165) is 11.8 Å². The van der Waals surface area contributed by atoms with E-state index in [0.29, 0.717) is 16.9 Å². The van der Waals surface area contributed by atoms with Gasteiger partial charge in [0.25, 0.3) is 11.2 Å². The number of aromatic nitrogens is 2. The number of carbonyl (C=O) groups excluding carboxylic acids is 1. The third-order valence-corrected chi connectivity index (χ3v) is 4.28. The molecule has 0 N–H and O–H groups in total. The van der Waals surface area contributed by atoms with Gasteiger partial charge in [0.1, 0.15) is 12.4 Å². The van der Waals surface area contributed by atoms with Crippen LogP contribution in [-0.2, 0) is 6.61 Å². The number of aryl methyl sites for hydroxylation is 1. The van der Waals surface area contributed by atoms with Crippen molar-refractivity contribution in [3.8, 4) is 5.75 Å². The molecule has 0 unspecified atom stereocenters. The maximum Gasteiger partial charge on any atom is 0.270 e. The van der Waals surface area contributed by atoms with Gasteiger partial charge in [-0.25, -0.2) is 4.98 Å². The van der Waals surface area contributed by atoms with Crippen LogP contribution in [0.25, 0.3) is 4.96 Å². The Morgan fingerprint density at radius 2 is 2.21 bits per heavy atom. The van der Waals surface area contributed by atoms with Gasteiger partial charge in [-0.2, -0.15) is 0 Å². The average molecular weight is 345 g/mol. The molecule has 0 aliphatic rings. The van der Waals surface area contributed by atoms with Crippen LogP contribution in [0.15, 0.2) is 34.4 Å². The van der Waals surface area contributed by atoms with E-state index in [4.69, 9.17) is 4.74 Å². The molecule has 0 saturated carbocycles. The SMILES string of the molecule is Cc1csc2nc(COc3ccc([N+](=O)[O-])cc3C=O)cc(=O)n12. The zero-order chi connectivity index (χ0) is 17.3. The summed E-state index contributed by atoms with van der Waals surface area (Å²) in [6, 6.07) is 5.09. The fourth-order valence-corrected chi connectivity index (χ4v) is 3.09. The molecule has 0 bridgehead atoms. The predicted molar refractivity (Wildman–Crippen MR) is 86.9 cm³/mol. The third kappa shape index (κ3) is 2.88. The van der Waals surface area contributed by atoms with E-state index < -0.39 is 4.92 Å². The number of carbonyl (C=O) groups is 1. The molecule has 0 saturated heterocycles. The minimum atomic E-state index is -0.591. The Hall–Kier alpha value is -3.07. The normalized spacial score (nSPS) is 10.7. The lowest BCUT2D eigenvalue weighted by Crippen LogP contribution is -2.16. The fourth-order valence-electron chi connectivity index (χ4n) is 2.20. The maximum absolute atomic E-state index is 12.1. The van der Waals surface area contributed by atoms with Gasteiger partial charge in [0.2, 0.25) is 0 Å². The molecule has 2 aromatic heterocycles. The van der Waals surface area contributed by atoms with Crippen LogP contribution >= 0.6 is 11.3 Å². The topological polar surface area (TPSA) is 104 Å². The second-order valence-corrected chi connectivity index (χ2v) is 5.80. The number of nitro benzene ring substituents is 1. The highest BCUT2D eigenvalue weighted by Gasteiger charge is 2.12. The summed E-state index contributed by atoms with van der Waals surface area (Å²) >= 11 is 1.34. The number of nitrogens with zero attached hydrogens (tertiary/aromatic N) is 3. The van der Waals surface area contributed by atoms with E-state index in [9.17, 15) is 19.7 Å². The minimum absolute atomic E-state index is 0.0264. The Morgan fingerprint density at radius 1 is 1.42 bits per heavy atom.